The predicted octanol–water partition coefficient (Wildman–Crippen LogP) is 7.12. The van der Waals surface area contributed by atoms with Crippen molar-refractivity contribution in [1.29, 1.82) is 0 Å². The molecule has 6 nitrogen and oxygen atoms in total. The molecule has 0 aliphatic carbocycles. The summed E-state index contributed by atoms with van der Waals surface area (Å²) in [6.45, 7) is 6.23. The maximum atomic E-state index is 13.4. The van der Waals surface area contributed by atoms with Crippen LogP contribution in [-0.4, -0.2) is 30.9 Å². The zero-order valence-electron chi connectivity index (χ0n) is 21.9. The third-order valence-corrected chi connectivity index (χ3v) is 7.83. The fraction of sp³-hybridized carbons (Fsp3) is 0.226. The monoisotopic (exact) mass is 521 g/mol. The van der Waals surface area contributed by atoms with Gasteiger partial charge in [-0.2, -0.15) is 5.10 Å². The van der Waals surface area contributed by atoms with Crippen molar-refractivity contribution in [3.05, 3.63) is 96.2 Å². The van der Waals surface area contributed by atoms with Gasteiger partial charge in [0.2, 0.25) is 5.91 Å². The number of anilines is 1. The van der Waals surface area contributed by atoms with E-state index in [-0.39, 0.29) is 11.2 Å². The SMILES string of the molecule is CCc1ccc(NC(=O)[C@H](CC)Sc2nc(-c3ccccc3)nc3c2c(CC)nn3-c2ccccc2)cc1. The van der Waals surface area contributed by atoms with Gasteiger partial charge in [0, 0.05) is 11.3 Å². The lowest BCUT2D eigenvalue weighted by Crippen LogP contribution is -2.24. The summed E-state index contributed by atoms with van der Waals surface area (Å²) in [6.07, 6.45) is 2.35. The average Bonchev–Trinajstić information content (AvgIpc) is 3.36. The Morgan fingerprint density at radius 2 is 1.55 bits per heavy atom. The second-order valence-corrected chi connectivity index (χ2v) is 10.2. The van der Waals surface area contributed by atoms with E-state index in [9.17, 15) is 4.79 Å². The third-order valence-electron chi connectivity index (χ3n) is 6.48. The molecule has 38 heavy (non-hydrogen) atoms. The second kappa shape index (κ2) is 11.6. The largest absolute Gasteiger partial charge is 0.325 e. The first kappa shape index (κ1) is 25.7. The summed E-state index contributed by atoms with van der Waals surface area (Å²) in [5.74, 6) is 0.578. The van der Waals surface area contributed by atoms with E-state index in [0.29, 0.717) is 12.2 Å². The van der Waals surface area contributed by atoms with Crippen molar-refractivity contribution in [2.24, 2.45) is 0 Å². The Hall–Kier alpha value is -3.97. The number of nitrogens with one attached hydrogen (secondary N) is 1. The van der Waals surface area contributed by atoms with E-state index in [0.717, 1.165) is 51.5 Å². The molecule has 1 N–H and O–H groups in total. The minimum Gasteiger partial charge on any atom is -0.325 e. The number of nitrogens with zero attached hydrogens (tertiary/aromatic N) is 4. The maximum Gasteiger partial charge on any atom is 0.237 e. The number of carbonyl (C=O) groups excluding carboxylic acids is 1. The molecule has 192 valence electrons. The van der Waals surface area contributed by atoms with E-state index in [1.165, 1.54) is 17.3 Å². The van der Waals surface area contributed by atoms with E-state index >= 15 is 0 Å². The summed E-state index contributed by atoms with van der Waals surface area (Å²) in [6, 6.07) is 28.0. The molecule has 0 aliphatic rings. The van der Waals surface area contributed by atoms with E-state index in [2.05, 4.69) is 31.3 Å². The molecule has 0 bridgehead atoms. The van der Waals surface area contributed by atoms with E-state index in [1.54, 1.807) is 0 Å². The fourth-order valence-electron chi connectivity index (χ4n) is 4.35. The number of rotatable bonds is 9. The first-order valence-corrected chi connectivity index (χ1v) is 14.0. The lowest BCUT2D eigenvalue weighted by molar-refractivity contribution is -0.115. The Bertz CT molecular complexity index is 1530. The molecule has 0 fully saturated rings. The molecule has 0 spiro atoms. The van der Waals surface area contributed by atoms with Crippen molar-refractivity contribution in [3.63, 3.8) is 0 Å². The van der Waals surface area contributed by atoms with Crippen molar-refractivity contribution >= 4 is 34.4 Å². The van der Waals surface area contributed by atoms with Crippen LogP contribution in [0.5, 0.6) is 0 Å². The molecule has 2 heterocycles. The molecule has 1 amide bonds. The van der Waals surface area contributed by atoms with Gasteiger partial charge >= 0.3 is 0 Å². The van der Waals surface area contributed by atoms with Gasteiger partial charge in [0.1, 0.15) is 5.03 Å². The number of aryl methyl sites for hydroxylation is 2. The highest BCUT2D eigenvalue weighted by molar-refractivity contribution is 8.00. The summed E-state index contributed by atoms with van der Waals surface area (Å²) in [5, 5.41) is 9.38. The van der Waals surface area contributed by atoms with Crippen LogP contribution in [0.3, 0.4) is 0 Å². The Morgan fingerprint density at radius 1 is 0.868 bits per heavy atom. The van der Waals surface area contributed by atoms with Crippen LogP contribution in [0, 0.1) is 0 Å². The number of thioether (sulfide) groups is 1. The number of benzene rings is 3. The van der Waals surface area contributed by atoms with E-state index in [4.69, 9.17) is 15.1 Å². The van der Waals surface area contributed by atoms with Crippen molar-refractivity contribution in [3.8, 4) is 17.1 Å². The molecular formula is C31H31N5OS. The van der Waals surface area contributed by atoms with Gasteiger partial charge in [-0.3, -0.25) is 4.79 Å². The second-order valence-electron chi connectivity index (χ2n) is 9.02. The van der Waals surface area contributed by atoms with Crippen LogP contribution >= 0.6 is 11.8 Å². The molecule has 7 heteroatoms. The topological polar surface area (TPSA) is 72.7 Å². The van der Waals surface area contributed by atoms with Crippen LogP contribution in [-0.2, 0) is 17.6 Å². The summed E-state index contributed by atoms with van der Waals surface area (Å²) in [4.78, 5) is 23.4. The summed E-state index contributed by atoms with van der Waals surface area (Å²) < 4.78 is 1.89. The van der Waals surface area contributed by atoms with Gasteiger partial charge < -0.3 is 5.32 Å². The van der Waals surface area contributed by atoms with Crippen LogP contribution in [0.1, 0.15) is 38.4 Å². The van der Waals surface area contributed by atoms with Crippen LogP contribution in [0.4, 0.5) is 5.69 Å². The fourth-order valence-corrected chi connectivity index (χ4v) is 5.42. The zero-order chi connectivity index (χ0) is 26.5. The number of para-hydroxylation sites is 1. The van der Waals surface area contributed by atoms with Gasteiger partial charge in [-0.25, -0.2) is 14.6 Å². The molecule has 5 aromatic rings. The molecule has 0 aliphatic heterocycles. The third kappa shape index (κ3) is 5.34. The lowest BCUT2D eigenvalue weighted by atomic mass is 10.1. The van der Waals surface area contributed by atoms with E-state index < -0.39 is 0 Å². The molecular weight excluding hydrogens is 490 g/mol. The van der Waals surface area contributed by atoms with Crippen LogP contribution in [0.25, 0.3) is 28.1 Å². The summed E-state index contributed by atoms with van der Waals surface area (Å²) in [5.41, 5.74) is 5.56. The van der Waals surface area contributed by atoms with Crippen LogP contribution in [0.2, 0.25) is 0 Å². The van der Waals surface area contributed by atoms with Crippen LogP contribution in [0.15, 0.2) is 90.0 Å². The standard InChI is InChI=1S/C31H31N5OS/c1-4-21-17-19-23(20-18-21)32-30(37)26(6-3)38-31-27-25(5-2)35-36(24-15-11-8-12-16-24)29(27)33-28(34-31)22-13-9-7-10-14-22/h7-20,26H,4-6H2,1-3H3,(H,32,37)/t26-/m0/s1. The lowest BCUT2D eigenvalue weighted by Gasteiger charge is -2.16. The van der Waals surface area contributed by atoms with Crippen molar-refractivity contribution in [2.45, 2.75) is 50.3 Å². The number of hydrogen-bond donors (Lipinski definition) is 1. The first-order valence-electron chi connectivity index (χ1n) is 13.1. The van der Waals surface area contributed by atoms with Gasteiger partial charge in [0.05, 0.1) is 22.0 Å². The molecule has 2 aromatic heterocycles. The summed E-state index contributed by atoms with van der Waals surface area (Å²) in [7, 11) is 0. The Balaban J connectivity index is 1.58. The Morgan fingerprint density at radius 3 is 2.18 bits per heavy atom. The van der Waals surface area contributed by atoms with Gasteiger partial charge in [-0.15, -0.1) is 0 Å². The van der Waals surface area contributed by atoms with E-state index in [1.807, 2.05) is 84.4 Å². The number of fused-ring (bicyclic) bond motifs is 1. The molecule has 1 atom stereocenters. The van der Waals surface area contributed by atoms with Crippen molar-refractivity contribution in [1.82, 2.24) is 19.7 Å². The van der Waals surface area contributed by atoms with Gasteiger partial charge in [0.15, 0.2) is 11.5 Å². The molecule has 3 aromatic carbocycles. The van der Waals surface area contributed by atoms with Gasteiger partial charge in [0.25, 0.3) is 0 Å². The van der Waals surface area contributed by atoms with Gasteiger partial charge in [-0.05, 0) is 49.1 Å². The highest BCUT2D eigenvalue weighted by atomic mass is 32.2. The zero-order valence-corrected chi connectivity index (χ0v) is 22.7. The van der Waals surface area contributed by atoms with Gasteiger partial charge in [-0.1, -0.05) is 93.2 Å². The Labute approximate surface area is 227 Å². The highest BCUT2D eigenvalue weighted by Gasteiger charge is 2.25. The maximum absolute atomic E-state index is 13.4. The summed E-state index contributed by atoms with van der Waals surface area (Å²) >= 11 is 1.48. The highest BCUT2D eigenvalue weighted by Crippen LogP contribution is 2.35. The van der Waals surface area contributed by atoms with Crippen molar-refractivity contribution < 1.29 is 4.79 Å². The first-order chi connectivity index (χ1) is 18.6. The smallest absolute Gasteiger partial charge is 0.237 e. The normalized spacial score (nSPS) is 12.0. The average molecular weight is 522 g/mol. The predicted molar refractivity (Wildman–Crippen MR) is 156 cm³/mol. The van der Waals surface area contributed by atoms with Crippen molar-refractivity contribution in [2.75, 3.05) is 5.32 Å². The minimum atomic E-state index is -0.327. The minimum absolute atomic E-state index is 0.0386. The number of amides is 1. The number of aromatic nitrogens is 4. The molecule has 0 unspecified atom stereocenters. The number of carbonyl (C=O) groups is 1. The van der Waals surface area contributed by atoms with Crippen LogP contribution < -0.4 is 5.32 Å². The number of hydrogen-bond acceptors (Lipinski definition) is 5. The molecule has 0 saturated heterocycles. The molecule has 0 saturated carbocycles. The Kier molecular flexibility index (Phi) is 7.84. The molecule has 5 rings (SSSR count). The quantitative estimate of drug-likeness (QED) is 0.165. The molecule has 0 radical (unpaired) electrons.